The lowest BCUT2D eigenvalue weighted by Gasteiger charge is -2.15. The Morgan fingerprint density at radius 1 is 1.37 bits per heavy atom. The van der Waals surface area contributed by atoms with Crippen LogP contribution >= 0.6 is 11.6 Å². The van der Waals surface area contributed by atoms with Crippen LogP contribution in [0.2, 0.25) is 5.02 Å². The van der Waals surface area contributed by atoms with E-state index in [-0.39, 0.29) is 23.3 Å². The van der Waals surface area contributed by atoms with Gasteiger partial charge in [0.2, 0.25) is 5.91 Å². The summed E-state index contributed by atoms with van der Waals surface area (Å²) in [5, 5.41) is 9.64. The van der Waals surface area contributed by atoms with E-state index in [1.807, 2.05) is 0 Å². The first-order valence-electron chi connectivity index (χ1n) is 8.34. The van der Waals surface area contributed by atoms with Gasteiger partial charge in [0.15, 0.2) is 17.5 Å². The van der Waals surface area contributed by atoms with Gasteiger partial charge in [0, 0.05) is 42.1 Å². The van der Waals surface area contributed by atoms with Crippen molar-refractivity contribution in [2.45, 2.75) is 13.0 Å². The largest absolute Gasteiger partial charge is 0.356 e. The van der Waals surface area contributed by atoms with Gasteiger partial charge in [-0.05, 0) is 20.0 Å². The zero-order chi connectivity index (χ0) is 19.4. The molecule has 8 nitrogen and oxygen atoms in total. The second kappa shape index (κ2) is 8.28. The zero-order valence-electron chi connectivity index (χ0n) is 14.8. The third-order valence-corrected chi connectivity index (χ3v) is 4.11. The number of rotatable bonds is 7. The van der Waals surface area contributed by atoms with Crippen molar-refractivity contribution in [2.75, 3.05) is 25.5 Å². The lowest BCUT2D eigenvalue weighted by Crippen LogP contribution is -2.40. The summed E-state index contributed by atoms with van der Waals surface area (Å²) in [4.78, 5) is 27.5. The number of nitrogens with zero attached hydrogens (tertiary/aromatic N) is 3. The van der Waals surface area contributed by atoms with Crippen LogP contribution in [0.5, 0.6) is 0 Å². The monoisotopic (exact) mass is 399 g/mol. The van der Waals surface area contributed by atoms with E-state index in [1.54, 1.807) is 26.2 Å². The first kappa shape index (κ1) is 19.0. The minimum atomic E-state index is -0.668. The molecule has 10 heteroatoms. The quantitative estimate of drug-likeness (QED) is 0.455. The number of likely N-dealkylation sites (N-methyl/N-ethyl adjacent to an activating group) is 1. The number of aromatic amines is 1. The number of anilines is 1. The molecule has 0 saturated carbocycles. The molecule has 4 N–H and O–H groups in total. The third kappa shape index (κ3) is 4.32. The van der Waals surface area contributed by atoms with E-state index < -0.39 is 11.9 Å². The molecular weight excluding hydrogens is 373 g/mol. The van der Waals surface area contributed by atoms with Gasteiger partial charge in [-0.15, -0.1) is 0 Å². The van der Waals surface area contributed by atoms with Gasteiger partial charge in [-0.1, -0.05) is 11.6 Å². The van der Waals surface area contributed by atoms with Gasteiger partial charge in [0.05, 0.1) is 11.2 Å². The van der Waals surface area contributed by atoms with Crippen molar-refractivity contribution in [3.63, 3.8) is 0 Å². The molecule has 0 radical (unpaired) electrons. The summed E-state index contributed by atoms with van der Waals surface area (Å²) in [5.74, 6) is -0.671. The van der Waals surface area contributed by atoms with Crippen LogP contribution in [-0.4, -0.2) is 52.0 Å². The summed E-state index contributed by atoms with van der Waals surface area (Å²) in [6.45, 7) is 2.74. The molecule has 0 bridgehead atoms. The second-order valence-electron chi connectivity index (χ2n) is 5.90. The minimum Gasteiger partial charge on any atom is -0.356 e. The number of carbonyl (C=O) groups is 1. The van der Waals surface area contributed by atoms with Gasteiger partial charge in [-0.25, -0.2) is 19.3 Å². The normalized spacial score (nSPS) is 12.1. The Morgan fingerprint density at radius 3 is 2.96 bits per heavy atom. The molecule has 3 rings (SSSR count). The molecule has 27 heavy (non-hydrogen) atoms. The Kier molecular flexibility index (Phi) is 5.82. The molecule has 150 valence electrons. The lowest BCUT2D eigenvalue weighted by molar-refractivity contribution is -0.121. The zero-order valence-corrected chi connectivity index (χ0v) is 15.6. The summed E-state index contributed by atoms with van der Waals surface area (Å²) in [7, 11) is 1.79. The number of halogens is 2. The number of H-pyrrole nitrogens is 1. The maximum Gasteiger partial charge on any atom is 0.242 e. The van der Waals surface area contributed by atoms with E-state index >= 15 is 0 Å². The van der Waals surface area contributed by atoms with E-state index in [0.29, 0.717) is 29.3 Å². The maximum absolute atomic E-state index is 14.1. The highest BCUT2D eigenvalue weighted by Gasteiger charge is 2.17. The fourth-order valence-corrected chi connectivity index (χ4v) is 2.65. The van der Waals surface area contributed by atoms with Crippen LogP contribution in [0.4, 0.5) is 10.2 Å². The molecule has 0 aliphatic carbocycles. The number of nitrogens with one attached hydrogen (secondary N) is 4. The average molecular weight is 400 g/mol. The molecule has 0 unspecified atom stereocenters. The first-order chi connectivity index (χ1) is 13.0. The number of hydrogen-bond acceptors (Lipinski definition) is 6. The topological polar surface area (TPSA) is 108 Å². The molecule has 1 amide bonds. The summed E-state index contributed by atoms with van der Waals surface area (Å²) >= 11 is 6.01. The van der Waals surface area contributed by atoms with Crippen molar-refractivity contribution in [1.82, 2.24) is 30.6 Å². The van der Waals surface area contributed by atoms with E-state index in [1.165, 1.54) is 6.20 Å². The van der Waals surface area contributed by atoms with Gasteiger partial charge in [-0.3, -0.25) is 4.79 Å². The van der Waals surface area contributed by atoms with Crippen molar-refractivity contribution >= 4 is 34.4 Å². The Hall–Kier alpha value is -2.78. The van der Waals surface area contributed by atoms with Crippen LogP contribution in [0.1, 0.15) is 12.6 Å². The summed E-state index contributed by atoms with van der Waals surface area (Å²) in [6.07, 6.45) is 4.27. The molecule has 3 aromatic heterocycles. The third-order valence-electron chi connectivity index (χ3n) is 3.90. The molecule has 0 fully saturated rings. The van der Waals surface area contributed by atoms with Crippen LogP contribution in [0.15, 0.2) is 24.7 Å². The van der Waals surface area contributed by atoms with Crippen LogP contribution in [0.3, 0.4) is 0 Å². The molecule has 1 atom stereocenters. The van der Waals surface area contributed by atoms with Crippen molar-refractivity contribution in [1.29, 1.82) is 0 Å². The molecule has 0 spiro atoms. The highest BCUT2D eigenvalue weighted by atomic mass is 35.5. The number of amides is 1. The van der Waals surface area contributed by atoms with E-state index in [0.717, 1.165) is 11.6 Å². The number of pyridine rings is 1. The van der Waals surface area contributed by atoms with Crippen molar-refractivity contribution in [3.05, 3.63) is 35.5 Å². The van der Waals surface area contributed by atoms with Gasteiger partial charge >= 0.3 is 0 Å². The molecular formula is C17H27ClFN7O. The van der Waals surface area contributed by atoms with Crippen molar-refractivity contribution < 1.29 is 14.9 Å². The highest BCUT2D eigenvalue weighted by molar-refractivity contribution is 6.31. The fourth-order valence-electron chi connectivity index (χ4n) is 2.50. The fraction of sp³-hybridized carbons (Fsp3) is 0.294. The van der Waals surface area contributed by atoms with Crippen molar-refractivity contribution in [2.24, 2.45) is 0 Å². The Bertz CT molecular complexity index is 979. The Morgan fingerprint density at radius 2 is 2.19 bits per heavy atom. The summed E-state index contributed by atoms with van der Waals surface area (Å²) in [6, 6.07) is 1.06. The highest BCUT2D eigenvalue weighted by Crippen LogP contribution is 2.28. The molecule has 3 aromatic rings. The predicted molar refractivity (Wildman–Crippen MR) is 111 cm³/mol. The Labute approximate surface area is 165 Å². The Balaban J connectivity index is 0. The maximum atomic E-state index is 14.1. The molecule has 0 aromatic carbocycles. The van der Waals surface area contributed by atoms with Crippen LogP contribution in [0.25, 0.3) is 22.4 Å². The van der Waals surface area contributed by atoms with Gasteiger partial charge in [0.1, 0.15) is 11.7 Å². The minimum absolute atomic E-state index is 0. The van der Waals surface area contributed by atoms with E-state index in [2.05, 4.69) is 35.9 Å². The van der Waals surface area contributed by atoms with Crippen LogP contribution in [0, 0.1) is 5.82 Å². The SMILES string of the molecule is CNCCNC(=O)[C@H](C)Nc1nc(-c2c[nH]c3ncc(Cl)cc23)ncc1F.[HH].[HH].[HH].[HH]. The van der Waals surface area contributed by atoms with Crippen LogP contribution in [-0.2, 0) is 4.79 Å². The van der Waals surface area contributed by atoms with E-state index in [9.17, 15) is 9.18 Å². The summed E-state index contributed by atoms with van der Waals surface area (Å²) in [5.41, 5.74) is 1.25. The van der Waals surface area contributed by atoms with E-state index in [4.69, 9.17) is 11.6 Å². The average Bonchev–Trinajstić information content (AvgIpc) is 3.06. The van der Waals surface area contributed by atoms with Gasteiger partial charge in [0.25, 0.3) is 0 Å². The number of aromatic nitrogens is 4. The molecule has 0 aliphatic rings. The molecule has 3 heterocycles. The standard InChI is InChI=1S/C17H19ClFN7O.4H2/c1-9(17(27)21-4-3-20-2)25-16-13(19)8-24-15(26-16)12-7-23-14-11(12)5-10(18)6-22-14;;;;/h5-9,20H,3-4H2,1-2H3,(H,21,27)(H,22,23)(H,24,25,26);4*1H/t9-;;;;/m0..../s1. The lowest BCUT2D eigenvalue weighted by atomic mass is 10.2. The first-order valence-corrected chi connectivity index (χ1v) is 8.71. The van der Waals surface area contributed by atoms with Gasteiger partial charge < -0.3 is 20.9 Å². The van der Waals surface area contributed by atoms with Crippen LogP contribution < -0.4 is 16.0 Å². The predicted octanol–water partition coefficient (Wildman–Crippen LogP) is 2.93. The number of carbonyl (C=O) groups excluding carboxylic acids is 1. The second-order valence-corrected chi connectivity index (χ2v) is 6.34. The smallest absolute Gasteiger partial charge is 0.242 e. The summed E-state index contributed by atoms with van der Waals surface area (Å²) < 4.78 is 14.1. The number of fused-ring (bicyclic) bond motifs is 1. The molecule has 0 aliphatic heterocycles. The van der Waals surface area contributed by atoms with Gasteiger partial charge in [-0.2, -0.15) is 0 Å². The number of hydrogen-bond donors (Lipinski definition) is 4. The van der Waals surface area contributed by atoms with Crippen molar-refractivity contribution in [3.8, 4) is 11.4 Å². The molecule has 0 saturated heterocycles.